The molecule has 3 N–H and O–H groups in total. The third kappa shape index (κ3) is 3.10. The number of ether oxygens (including phenoxy) is 1. The normalized spacial score (nSPS) is 10.2. The summed E-state index contributed by atoms with van der Waals surface area (Å²) >= 11 is 11.7. The maximum atomic E-state index is 11.1. The van der Waals surface area contributed by atoms with Crippen LogP contribution in [0.5, 0.6) is 11.5 Å². The van der Waals surface area contributed by atoms with Gasteiger partial charge in [-0.3, -0.25) is 0 Å². The largest absolute Gasteiger partial charge is 0.478 e. The van der Waals surface area contributed by atoms with E-state index in [0.717, 1.165) is 0 Å². The molecular weight excluding hydrogens is 289 g/mol. The first-order chi connectivity index (χ1) is 8.97. The highest BCUT2D eigenvalue weighted by atomic mass is 35.5. The maximum absolute atomic E-state index is 11.1. The van der Waals surface area contributed by atoms with Crippen LogP contribution in [0.1, 0.15) is 10.4 Å². The summed E-state index contributed by atoms with van der Waals surface area (Å²) in [6.07, 6.45) is 0. The number of anilines is 1. The molecule has 0 fully saturated rings. The van der Waals surface area contributed by atoms with Crippen molar-refractivity contribution in [2.24, 2.45) is 0 Å². The first kappa shape index (κ1) is 13.5. The van der Waals surface area contributed by atoms with E-state index in [1.165, 1.54) is 24.3 Å². The van der Waals surface area contributed by atoms with Crippen molar-refractivity contribution in [2.75, 3.05) is 5.73 Å². The number of benzene rings is 2. The van der Waals surface area contributed by atoms with Crippen LogP contribution in [0.15, 0.2) is 36.4 Å². The van der Waals surface area contributed by atoms with Crippen molar-refractivity contribution in [3.8, 4) is 11.5 Å². The van der Waals surface area contributed by atoms with Crippen LogP contribution in [0.2, 0.25) is 10.0 Å². The average Bonchev–Trinajstić information content (AvgIpc) is 2.32. The van der Waals surface area contributed by atoms with Crippen LogP contribution in [0.4, 0.5) is 5.69 Å². The summed E-state index contributed by atoms with van der Waals surface area (Å²) in [6.45, 7) is 0. The number of rotatable bonds is 3. The van der Waals surface area contributed by atoms with Crippen molar-refractivity contribution in [3.05, 3.63) is 52.0 Å². The molecule has 0 bridgehead atoms. The summed E-state index contributed by atoms with van der Waals surface area (Å²) in [5, 5.41) is 9.82. The Bertz CT molecular complexity index is 644. The van der Waals surface area contributed by atoms with Crippen LogP contribution < -0.4 is 10.5 Å². The number of hydrogen-bond acceptors (Lipinski definition) is 3. The minimum Gasteiger partial charge on any atom is -0.478 e. The third-order valence-electron chi connectivity index (χ3n) is 2.35. The number of nitrogen functional groups attached to an aromatic ring is 1. The Balaban J connectivity index is 2.42. The Labute approximate surface area is 119 Å². The standard InChI is InChI=1S/C13H9Cl2NO3/c14-7-1-4-11(10(15)5-7)19-12-6-8(16)2-3-9(12)13(17)18/h1-6H,16H2,(H,17,18). The predicted octanol–water partition coefficient (Wildman–Crippen LogP) is 4.07. The van der Waals surface area contributed by atoms with Gasteiger partial charge in [0.15, 0.2) is 0 Å². The zero-order valence-corrected chi connectivity index (χ0v) is 11.1. The molecule has 0 atom stereocenters. The number of hydrogen-bond donors (Lipinski definition) is 2. The van der Waals surface area contributed by atoms with E-state index in [9.17, 15) is 4.79 Å². The Kier molecular flexibility index (Phi) is 3.83. The number of carbonyl (C=O) groups is 1. The van der Waals surface area contributed by atoms with Crippen LogP contribution >= 0.6 is 23.2 Å². The van der Waals surface area contributed by atoms with E-state index in [-0.39, 0.29) is 16.3 Å². The molecular formula is C13H9Cl2NO3. The van der Waals surface area contributed by atoms with Crippen LogP contribution in [0, 0.1) is 0 Å². The molecule has 0 saturated carbocycles. The number of aromatic carboxylic acids is 1. The lowest BCUT2D eigenvalue weighted by atomic mass is 10.2. The van der Waals surface area contributed by atoms with Gasteiger partial charge in [-0.2, -0.15) is 0 Å². The highest BCUT2D eigenvalue weighted by molar-refractivity contribution is 6.35. The lowest BCUT2D eigenvalue weighted by Crippen LogP contribution is -2.01. The quantitative estimate of drug-likeness (QED) is 0.838. The molecule has 6 heteroatoms. The Morgan fingerprint density at radius 1 is 1.11 bits per heavy atom. The zero-order chi connectivity index (χ0) is 14.0. The number of carboxylic acid groups (broad SMARTS) is 1. The van der Waals surface area contributed by atoms with Gasteiger partial charge in [0.25, 0.3) is 0 Å². The van der Waals surface area contributed by atoms with Gasteiger partial charge in [-0.05, 0) is 30.3 Å². The molecule has 0 unspecified atom stereocenters. The van der Waals surface area contributed by atoms with E-state index in [1.807, 2.05) is 0 Å². The van der Waals surface area contributed by atoms with Gasteiger partial charge in [-0.25, -0.2) is 4.79 Å². The monoisotopic (exact) mass is 297 g/mol. The van der Waals surface area contributed by atoms with E-state index < -0.39 is 5.97 Å². The summed E-state index contributed by atoms with van der Waals surface area (Å²) < 4.78 is 5.49. The Morgan fingerprint density at radius 2 is 1.84 bits per heavy atom. The van der Waals surface area contributed by atoms with E-state index in [4.69, 9.17) is 38.8 Å². The minimum atomic E-state index is -1.11. The summed E-state index contributed by atoms with van der Waals surface area (Å²) in [7, 11) is 0. The minimum absolute atomic E-state index is 0.000201. The van der Waals surface area contributed by atoms with Crippen molar-refractivity contribution in [2.45, 2.75) is 0 Å². The maximum Gasteiger partial charge on any atom is 0.339 e. The van der Waals surface area contributed by atoms with Gasteiger partial charge in [0.05, 0.1) is 5.02 Å². The summed E-state index contributed by atoms with van der Waals surface area (Å²) in [5.74, 6) is -0.684. The second-order valence-electron chi connectivity index (χ2n) is 3.74. The zero-order valence-electron chi connectivity index (χ0n) is 9.56. The van der Waals surface area contributed by atoms with Gasteiger partial charge in [0.2, 0.25) is 0 Å². The predicted molar refractivity (Wildman–Crippen MR) is 74.3 cm³/mol. The lowest BCUT2D eigenvalue weighted by Gasteiger charge is -2.11. The van der Waals surface area contributed by atoms with Gasteiger partial charge < -0.3 is 15.6 Å². The molecule has 0 heterocycles. The molecule has 0 amide bonds. The van der Waals surface area contributed by atoms with E-state index in [1.54, 1.807) is 12.1 Å². The first-order valence-electron chi connectivity index (χ1n) is 5.23. The van der Waals surface area contributed by atoms with Gasteiger partial charge in [-0.1, -0.05) is 23.2 Å². The molecule has 2 rings (SSSR count). The fourth-order valence-electron chi connectivity index (χ4n) is 1.48. The molecule has 98 valence electrons. The summed E-state index contributed by atoms with van der Waals surface area (Å²) in [6, 6.07) is 8.94. The molecule has 0 spiro atoms. The molecule has 0 aliphatic carbocycles. The molecule has 2 aromatic rings. The van der Waals surface area contributed by atoms with E-state index in [2.05, 4.69) is 0 Å². The molecule has 19 heavy (non-hydrogen) atoms. The van der Waals surface area contributed by atoms with Crippen molar-refractivity contribution < 1.29 is 14.6 Å². The van der Waals surface area contributed by atoms with Crippen LogP contribution in [-0.4, -0.2) is 11.1 Å². The van der Waals surface area contributed by atoms with Crippen LogP contribution in [0.3, 0.4) is 0 Å². The second-order valence-corrected chi connectivity index (χ2v) is 4.58. The fraction of sp³-hybridized carbons (Fsp3) is 0. The van der Waals surface area contributed by atoms with Gasteiger partial charge in [-0.15, -0.1) is 0 Å². The van der Waals surface area contributed by atoms with Gasteiger partial charge >= 0.3 is 5.97 Å². The van der Waals surface area contributed by atoms with Crippen LogP contribution in [0.25, 0.3) is 0 Å². The second kappa shape index (κ2) is 5.38. The number of nitrogens with two attached hydrogens (primary N) is 1. The summed E-state index contributed by atoms with van der Waals surface area (Å²) in [5.41, 5.74) is 6.01. The van der Waals surface area contributed by atoms with Crippen LogP contribution in [-0.2, 0) is 0 Å². The topological polar surface area (TPSA) is 72.6 Å². The Hall–Kier alpha value is -1.91. The SMILES string of the molecule is Nc1ccc(C(=O)O)c(Oc2ccc(Cl)cc2Cl)c1. The molecule has 0 aliphatic rings. The van der Waals surface area contributed by atoms with Crippen molar-refractivity contribution in [1.82, 2.24) is 0 Å². The van der Waals surface area contributed by atoms with Crippen molar-refractivity contribution in [1.29, 1.82) is 0 Å². The first-order valence-corrected chi connectivity index (χ1v) is 5.98. The Morgan fingerprint density at radius 3 is 2.47 bits per heavy atom. The average molecular weight is 298 g/mol. The molecule has 0 aromatic heterocycles. The molecule has 0 saturated heterocycles. The molecule has 0 aliphatic heterocycles. The molecule has 0 radical (unpaired) electrons. The van der Waals surface area contributed by atoms with Gasteiger partial charge in [0, 0.05) is 16.8 Å². The smallest absolute Gasteiger partial charge is 0.339 e. The third-order valence-corrected chi connectivity index (χ3v) is 2.88. The highest BCUT2D eigenvalue weighted by Crippen LogP contribution is 2.33. The van der Waals surface area contributed by atoms with Gasteiger partial charge in [0.1, 0.15) is 17.1 Å². The van der Waals surface area contributed by atoms with Crippen molar-refractivity contribution in [3.63, 3.8) is 0 Å². The highest BCUT2D eigenvalue weighted by Gasteiger charge is 2.13. The molecule has 4 nitrogen and oxygen atoms in total. The van der Waals surface area contributed by atoms with Crippen molar-refractivity contribution >= 4 is 34.9 Å². The molecule has 2 aromatic carbocycles. The summed E-state index contributed by atoms with van der Waals surface area (Å²) in [4.78, 5) is 11.1. The number of carboxylic acids is 1. The van der Waals surface area contributed by atoms with E-state index in [0.29, 0.717) is 16.5 Å². The lowest BCUT2D eigenvalue weighted by molar-refractivity contribution is 0.0694. The fourth-order valence-corrected chi connectivity index (χ4v) is 1.92. The number of halogens is 2. The van der Waals surface area contributed by atoms with E-state index >= 15 is 0 Å².